The summed E-state index contributed by atoms with van der Waals surface area (Å²) in [4.78, 5) is 15.2. The summed E-state index contributed by atoms with van der Waals surface area (Å²) in [6, 6.07) is 20.8. The lowest BCUT2D eigenvalue weighted by molar-refractivity contribution is 0.102. The van der Waals surface area contributed by atoms with Crippen LogP contribution in [0.5, 0.6) is 17.2 Å². The molecule has 1 amide bonds. The molecule has 0 aromatic heterocycles. The summed E-state index contributed by atoms with van der Waals surface area (Å²) < 4.78 is 11.4. The summed E-state index contributed by atoms with van der Waals surface area (Å²) >= 11 is 0. The third-order valence-electron chi connectivity index (χ3n) is 5.70. The maximum atomic E-state index is 12.9. The standard InChI is InChI=1S/C28H34N2O4/c1-19(2)30(20(3)4)15-16-34-27-18-23(12-14-26(27)33-5)29-28(32)24-13-11-22(17-25(24)31)21-9-7-6-8-10-21/h6-14,17-20,31H,15-16H2,1-5H3,(H,29,32). The van der Waals surface area contributed by atoms with E-state index in [1.807, 2.05) is 36.4 Å². The number of hydrogen-bond donors (Lipinski definition) is 2. The van der Waals surface area contributed by atoms with Crippen molar-refractivity contribution in [3.63, 3.8) is 0 Å². The van der Waals surface area contributed by atoms with E-state index < -0.39 is 5.91 Å². The molecule has 0 fully saturated rings. The number of nitrogens with one attached hydrogen (secondary N) is 1. The molecule has 0 radical (unpaired) electrons. The van der Waals surface area contributed by atoms with E-state index in [0.717, 1.165) is 17.7 Å². The molecular formula is C28H34N2O4. The molecule has 6 nitrogen and oxygen atoms in total. The molecule has 0 heterocycles. The van der Waals surface area contributed by atoms with Crippen LogP contribution < -0.4 is 14.8 Å². The minimum absolute atomic E-state index is 0.0775. The number of methoxy groups -OCH3 is 1. The van der Waals surface area contributed by atoms with Gasteiger partial charge in [-0.15, -0.1) is 0 Å². The highest BCUT2D eigenvalue weighted by Crippen LogP contribution is 2.31. The van der Waals surface area contributed by atoms with E-state index in [9.17, 15) is 9.90 Å². The second kappa shape index (κ2) is 11.6. The van der Waals surface area contributed by atoms with Crippen LogP contribution in [0.4, 0.5) is 5.69 Å². The largest absolute Gasteiger partial charge is 0.507 e. The van der Waals surface area contributed by atoms with Crippen LogP contribution >= 0.6 is 0 Å². The highest BCUT2D eigenvalue weighted by molar-refractivity contribution is 6.06. The zero-order valence-corrected chi connectivity index (χ0v) is 20.5. The van der Waals surface area contributed by atoms with Crippen LogP contribution in [-0.4, -0.2) is 48.3 Å². The quantitative estimate of drug-likeness (QED) is 0.397. The van der Waals surface area contributed by atoms with Crippen LogP contribution in [0.2, 0.25) is 0 Å². The van der Waals surface area contributed by atoms with Gasteiger partial charge in [-0.1, -0.05) is 36.4 Å². The monoisotopic (exact) mass is 462 g/mol. The normalized spacial score (nSPS) is 11.2. The SMILES string of the molecule is COc1ccc(NC(=O)c2ccc(-c3ccccc3)cc2O)cc1OCCN(C(C)C)C(C)C. The van der Waals surface area contributed by atoms with E-state index in [-0.39, 0.29) is 11.3 Å². The van der Waals surface area contributed by atoms with E-state index in [0.29, 0.717) is 35.9 Å². The third kappa shape index (κ3) is 6.29. The Kier molecular flexibility index (Phi) is 8.55. The molecular weight excluding hydrogens is 428 g/mol. The Balaban J connectivity index is 1.71. The highest BCUT2D eigenvalue weighted by atomic mass is 16.5. The van der Waals surface area contributed by atoms with Crippen molar-refractivity contribution in [2.45, 2.75) is 39.8 Å². The number of rotatable bonds is 10. The zero-order valence-electron chi connectivity index (χ0n) is 20.5. The van der Waals surface area contributed by atoms with Gasteiger partial charge in [-0.05, 0) is 63.1 Å². The van der Waals surface area contributed by atoms with Crippen LogP contribution in [0.15, 0.2) is 66.7 Å². The molecule has 0 aliphatic carbocycles. The number of phenols is 1. The lowest BCUT2D eigenvalue weighted by atomic mass is 10.0. The highest BCUT2D eigenvalue weighted by Gasteiger charge is 2.16. The molecule has 0 aliphatic rings. The number of benzene rings is 3. The number of carbonyl (C=O) groups excluding carboxylic acids is 1. The second-order valence-electron chi connectivity index (χ2n) is 8.69. The molecule has 3 aromatic rings. The second-order valence-corrected chi connectivity index (χ2v) is 8.69. The number of amides is 1. The van der Waals surface area contributed by atoms with Gasteiger partial charge >= 0.3 is 0 Å². The summed E-state index contributed by atoms with van der Waals surface area (Å²) in [5.41, 5.74) is 2.56. The molecule has 0 aliphatic heterocycles. The number of hydrogen-bond acceptors (Lipinski definition) is 5. The first kappa shape index (κ1) is 25.1. The van der Waals surface area contributed by atoms with Gasteiger partial charge in [0.2, 0.25) is 0 Å². The van der Waals surface area contributed by atoms with Gasteiger partial charge in [0.15, 0.2) is 11.5 Å². The summed E-state index contributed by atoms with van der Waals surface area (Å²) in [5.74, 6) is 0.662. The third-order valence-corrected chi connectivity index (χ3v) is 5.70. The summed E-state index contributed by atoms with van der Waals surface area (Å²) in [7, 11) is 1.58. The van der Waals surface area contributed by atoms with Gasteiger partial charge in [0, 0.05) is 30.4 Å². The van der Waals surface area contributed by atoms with Crippen molar-refractivity contribution in [3.05, 3.63) is 72.3 Å². The van der Waals surface area contributed by atoms with Crippen LogP contribution in [0, 0.1) is 0 Å². The molecule has 6 heteroatoms. The lowest BCUT2D eigenvalue weighted by Gasteiger charge is -2.30. The van der Waals surface area contributed by atoms with Crippen LogP contribution in [0.1, 0.15) is 38.1 Å². The Morgan fingerprint density at radius 3 is 2.24 bits per heavy atom. The predicted octanol–water partition coefficient (Wildman–Crippen LogP) is 5.82. The Morgan fingerprint density at radius 1 is 0.912 bits per heavy atom. The molecule has 0 unspecified atom stereocenters. The van der Waals surface area contributed by atoms with Gasteiger partial charge in [0.1, 0.15) is 12.4 Å². The zero-order chi connectivity index (χ0) is 24.7. The molecule has 0 saturated heterocycles. The van der Waals surface area contributed by atoms with Crippen molar-refractivity contribution < 1.29 is 19.4 Å². The smallest absolute Gasteiger partial charge is 0.259 e. The van der Waals surface area contributed by atoms with Crippen molar-refractivity contribution in [1.29, 1.82) is 0 Å². The predicted molar refractivity (Wildman–Crippen MR) is 137 cm³/mol. The molecule has 34 heavy (non-hydrogen) atoms. The van der Waals surface area contributed by atoms with Gasteiger partial charge in [0.05, 0.1) is 12.7 Å². The Hall–Kier alpha value is -3.51. The summed E-state index contributed by atoms with van der Waals surface area (Å²) in [6.45, 7) is 9.93. The number of anilines is 1. The number of carbonyl (C=O) groups is 1. The first-order valence-electron chi connectivity index (χ1n) is 11.6. The first-order chi connectivity index (χ1) is 16.3. The Labute approximate surface area is 202 Å². The maximum Gasteiger partial charge on any atom is 0.259 e. The lowest BCUT2D eigenvalue weighted by Crippen LogP contribution is -2.39. The van der Waals surface area contributed by atoms with Crippen molar-refractivity contribution in [3.8, 4) is 28.4 Å². The van der Waals surface area contributed by atoms with Gasteiger partial charge < -0.3 is 19.9 Å². The number of phenolic OH excluding ortho intramolecular Hbond substituents is 1. The average molecular weight is 463 g/mol. The summed E-state index contributed by atoms with van der Waals surface area (Å²) in [6.07, 6.45) is 0. The van der Waals surface area contributed by atoms with Gasteiger partial charge in [-0.2, -0.15) is 0 Å². The topological polar surface area (TPSA) is 71.0 Å². The fourth-order valence-electron chi connectivity index (χ4n) is 3.97. The van der Waals surface area contributed by atoms with Crippen molar-refractivity contribution in [1.82, 2.24) is 4.90 Å². The van der Waals surface area contributed by atoms with Gasteiger partial charge in [-0.25, -0.2) is 0 Å². The molecule has 0 bridgehead atoms. The molecule has 3 aromatic carbocycles. The Morgan fingerprint density at radius 2 is 1.62 bits per heavy atom. The fraction of sp³-hybridized carbons (Fsp3) is 0.321. The fourth-order valence-corrected chi connectivity index (χ4v) is 3.97. The van der Waals surface area contributed by atoms with Crippen molar-refractivity contribution >= 4 is 11.6 Å². The van der Waals surface area contributed by atoms with Crippen LogP contribution in [-0.2, 0) is 0 Å². The molecule has 3 rings (SSSR count). The van der Waals surface area contributed by atoms with Crippen molar-refractivity contribution in [2.75, 3.05) is 25.6 Å². The number of aromatic hydroxyl groups is 1. The molecule has 0 atom stereocenters. The van der Waals surface area contributed by atoms with Gasteiger partial charge in [-0.3, -0.25) is 9.69 Å². The molecule has 0 saturated carbocycles. The Bertz CT molecular complexity index is 1090. The molecule has 0 spiro atoms. The van der Waals surface area contributed by atoms with Crippen LogP contribution in [0.25, 0.3) is 11.1 Å². The van der Waals surface area contributed by atoms with Crippen LogP contribution in [0.3, 0.4) is 0 Å². The van der Waals surface area contributed by atoms with E-state index in [1.165, 1.54) is 0 Å². The van der Waals surface area contributed by atoms with E-state index >= 15 is 0 Å². The van der Waals surface area contributed by atoms with Crippen molar-refractivity contribution in [2.24, 2.45) is 0 Å². The minimum Gasteiger partial charge on any atom is -0.507 e. The molecule has 2 N–H and O–H groups in total. The van der Waals surface area contributed by atoms with E-state index in [2.05, 4.69) is 37.9 Å². The summed E-state index contributed by atoms with van der Waals surface area (Å²) in [5, 5.41) is 13.3. The maximum absolute atomic E-state index is 12.9. The number of ether oxygens (including phenoxy) is 2. The minimum atomic E-state index is -0.404. The molecule has 180 valence electrons. The van der Waals surface area contributed by atoms with E-state index in [4.69, 9.17) is 9.47 Å². The first-order valence-corrected chi connectivity index (χ1v) is 11.6. The average Bonchev–Trinajstić information content (AvgIpc) is 2.82. The van der Waals surface area contributed by atoms with Gasteiger partial charge in [0.25, 0.3) is 5.91 Å². The number of nitrogens with zero attached hydrogens (tertiary/aromatic N) is 1. The van der Waals surface area contributed by atoms with E-state index in [1.54, 1.807) is 37.4 Å².